The number of nitrogens with zero attached hydrogens (tertiary/aromatic N) is 1. The number of nitrogen functional groups attached to an aromatic ring is 1. The molecule has 0 fully saturated rings. The van der Waals surface area contributed by atoms with Crippen LogP contribution >= 0.6 is 15.9 Å². The normalized spacial score (nSPS) is 12.2. The summed E-state index contributed by atoms with van der Waals surface area (Å²) >= 11 is 3.41. The van der Waals surface area contributed by atoms with E-state index < -0.39 is 6.10 Å². The number of ketones is 1. The van der Waals surface area contributed by atoms with E-state index >= 15 is 0 Å². The van der Waals surface area contributed by atoms with Gasteiger partial charge in [-0.25, -0.2) is 0 Å². The van der Waals surface area contributed by atoms with Gasteiger partial charge in [0.05, 0.1) is 14.2 Å². The third kappa shape index (κ3) is 4.83. The van der Waals surface area contributed by atoms with E-state index in [9.17, 15) is 4.79 Å². The second-order valence-corrected chi connectivity index (χ2v) is 6.25. The smallest absolute Gasteiger partial charge is 0.187 e. The Morgan fingerprint density at radius 2 is 1.73 bits per heavy atom. The minimum Gasteiger partial charge on any atom is -0.495 e. The van der Waals surface area contributed by atoms with Crippen LogP contribution in [-0.2, 0) is 9.53 Å². The molecule has 2 aromatic carbocycles. The zero-order valence-electron chi connectivity index (χ0n) is 14.9. The molecule has 0 saturated carbocycles. The van der Waals surface area contributed by atoms with Crippen molar-refractivity contribution in [3.63, 3.8) is 0 Å². The zero-order valence-corrected chi connectivity index (χ0v) is 16.4. The number of hydrogen-bond acceptors (Lipinski definition) is 6. The van der Waals surface area contributed by atoms with Crippen molar-refractivity contribution in [1.82, 2.24) is 0 Å². The number of aliphatic imine (C=N–C) groups is 1. The topological polar surface area (TPSA) is 83.1 Å². The molecule has 26 heavy (non-hydrogen) atoms. The summed E-state index contributed by atoms with van der Waals surface area (Å²) in [7, 11) is 4.63. The van der Waals surface area contributed by atoms with E-state index in [4.69, 9.17) is 19.9 Å². The highest BCUT2D eigenvalue weighted by molar-refractivity contribution is 9.10. The molecule has 0 saturated heterocycles. The predicted molar refractivity (Wildman–Crippen MR) is 105 cm³/mol. The number of carbonyl (C=O) groups is 1. The van der Waals surface area contributed by atoms with Crippen LogP contribution in [0.4, 0.5) is 5.69 Å². The summed E-state index contributed by atoms with van der Waals surface area (Å²) in [6.07, 6.45) is 0.923. The number of rotatable bonds is 8. The third-order valence-corrected chi connectivity index (χ3v) is 4.50. The highest BCUT2D eigenvalue weighted by Gasteiger charge is 2.19. The van der Waals surface area contributed by atoms with Crippen LogP contribution < -0.4 is 15.2 Å². The minimum atomic E-state index is -0.679. The average Bonchev–Trinajstić information content (AvgIpc) is 2.65. The van der Waals surface area contributed by atoms with Gasteiger partial charge in [-0.1, -0.05) is 12.1 Å². The fourth-order valence-corrected chi connectivity index (χ4v) is 2.96. The van der Waals surface area contributed by atoms with Crippen molar-refractivity contribution in [3.8, 4) is 11.5 Å². The maximum atomic E-state index is 12.4. The van der Waals surface area contributed by atoms with Crippen molar-refractivity contribution in [2.24, 2.45) is 4.99 Å². The van der Waals surface area contributed by atoms with Gasteiger partial charge in [-0.05, 0) is 51.3 Å². The van der Waals surface area contributed by atoms with Crippen LogP contribution in [0, 0.1) is 0 Å². The fourth-order valence-electron chi connectivity index (χ4n) is 2.41. The van der Waals surface area contributed by atoms with Gasteiger partial charge in [0, 0.05) is 19.0 Å². The van der Waals surface area contributed by atoms with Gasteiger partial charge in [0.1, 0.15) is 28.6 Å². The second kappa shape index (κ2) is 9.35. The maximum absolute atomic E-state index is 12.4. The number of Topliss-reactive ketones (excluding diaryl/α,β-unsaturated/α-hetero) is 1. The lowest BCUT2D eigenvalue weighted by Crippen LogP contribution is -2.17. The first-order valence-corrected chi connectivity index (χ1v) is 8.61. The van der Waals surface area contributed by atoms with Gasteiger partial charge in [0.25, 0.3) is 0 Å². The van der Waals surface area contributed by atoms with Gasteiger partial charge >= 0.3 is 0 Å². The van der Waals surface area contributed by atoms with Crippen LogP contribution in [0.5, 0.6) is 11.5 Å². The summed E-state index contributed by atoms with van der Waals surface area (Å²) in [4.78, 5) is 16.7. The van der Waals surface area contributed by atoms with Crippen molar-refractivity contribution >= 4 is 33.6 Å². The maximum Gasteiger partial charge on any atom is 0.187 e. The Bertz CT molecular complexity index is 766. The molecule has 0 bridgehead atoms. The number of anilines is 1. The number of ether oxygens (including phenoxy) is 3. The molecule has 7 heteroatoms. The Morgan fingerprint density at radius 3 is 2.23 bits per heavy atom. The fraction of sp³-hybridized carbons (Fsp3) is 0.263. The van der Waals surface area contributed by atoms with Gasteiger partial charge in [-0.15, -0.1) is 0 Å². The summed E-state index contributed by atoms with van der Waals surface area (Å²) in [5, 5.41) is 0. The van der Waals surface area contributed by atoms with Gasteiger partial charge < -0.3 is 19.9 Å². The van der Waals surface area contributed by atoms with Crippen molar-refractivity contribution in [2.75, 3.05) is 33.6 Å². The van der Waals surface area contributed by atoms with Crippen LogP contribution in [0.1, 0.15) is 17.2 Å². The third-order valence-electron chi connectivity index (χ3n) is 3.72. The van der Waals surface area contributed by atoms with Gasteiger partial charge in [0.15, 0.2) is 5.78 Å². The van der Waals surface area contributed by atoms with Crippen molar-refractivity contribution in [3.05, 3.63) is 52.0 Å². The molecule has 2 rings (SSSR count). The Labute approximate surface area is 161 Å². The summed E-state index contributed by atoms with van der Waals surface area (Å²) in [5.74, 6) is 1.09. The van der Waals surface area contributed by atoms with E-state index in [1.165, 1.54) is 7.11 Å². The monoisotopic (exact) mass is 420 g/mol. The lowest BCUT2D eigenvalue weighted by atomic mass is 10.1. The Hall–Kier alpha value is -2.38. The quantitative estimate of drug-likeness (QED) is 0.522. The molecular formula is C19H21BrN2O4. The molecule has 0 amide bonds. The number of nitrogens with two attached hydrogens (primary N) is 1. The molecule has 0 heterocycles. The molecule has 2 aromatic rings. The number of benzene rings is 2. The molecular weight excluding hydrogens is 400 g/mol. The highest BCUT2D eigenvalue weighted by atomic mass is 79.9. The molecule has 0 radical (unpaired) electrons. The average molecular weight is 421 g/mol. The van der Waals surface area contributed by atoms with Crippen molar-refractivity contribution < 1.29 is 19.0 Å². The zero-order chi connectivity index (χ0) is 19.1. The highest BCUT2D eigenvalue weighted by Crippen LogP contribution is 2.35. The summed E-state index contributed by atoms with van der Waals surface area (Å²) in [6, 6.07) is 10.6. The molecule has 2 N–H and O–H groups in total. The van der Waals surface area contributed by atoms with Crippen LogP contribution in [0.2, 0.25) is 0 Å². The van der Waals surface area contributed by atoms with Crippen molar-refractivity contribution in [1.29, 1.82) is 0 Å². The first kappa shape index (κ1) is 19.9. The van der Waals surface area contributed by atoms with E-state index in [1.807, 2.05) is 0 Å². The van der Waals surface area contributed by atoms with E-state index in [1.54, 1.807) is 56.8 Å². The molecule has 0 aromatic heterocycles. The van der Waals surface area contributed by atoms with Crippen LogP contribution in [0.15, 0.2) is 45.9 Å². The molecule has 1 atom stereocenters. The SMILES string of the molecule is COc1cc(C=NCC(=O)C(OC)c2ccc(N)cc2)cc(OC)c1Br. The van der Waals surface area contributed by atoms with E-state index in [2.05, 4.69) is 20.9 Å². The van der Waals surface area contributed by atoms with Crippen LogP contribution in [0.3, 0.4) is 0 Å². The largest absolute Gasteiger partial charge is 0.495 e. The standard InChI is InChI=1S/C19H21BrN2O4/c1-24-16-8-12(9-17(25-2)18(16)20)10-22-11-15(23)19(26-3)13-4-6-14(21)7-5-13/h4-10,19H,11,21H2,1-3H3. The summed E-state index contributed by atoms with van der Waals surface area (Å²) in [6.45, 7) is -0.0103. The minimum absolute atomic E-state index is 0.0103. The number of hydrogen-bond donors (Lipinski definition) is 1. The van der Waals surface area contributed by atoms with Crippen LogP contribution in [0.25, 0.3) is 0 Å². The molecule has 0 aliphatic rings. The molecule has 0 spiro atoms. The number of methoxy groups -OCH3 is 3. The second-order valence-electron chi connectivity index (χ2n) is 5.46. The number of halogens is 1. The molecule has 1 unspecified atom stereocenters. The lowest BCUT2D eigenvalue weighted by molar-refractivity contribution is -0.127. The molecule has 138 valence electrons. The summed E-state index contributed by atoms with van der Waals surface area (Å²) in [5.41, 5.74) is 7.81. The predicted octanol–water partition coefficient (Wildman–Crippen LogP) is 3.42. The van der Waals surface area contributed by atoms with Gasteiger partial charge in [0.2, 0.25) is 0 Å². The van der Waals surface area contributed by atoms with Crippen LogP contribution in [-0.4, -0.2) is 39.9 Å². The van der Waals surface area contributed by atoms with E-state index in [0.717, 1.165) is 15.6 Å². The summed E-state index contributed by atoms with van der Waals surface area (Å²) < 4.78 is 16.6. The van der Waals surface area contributed by atoms with E-state index in [-0.39, 0.29) is 12.3 Å². The number of carbonyl (C=O) groups excluding carboxylic acids is 1. The Morgan fingerprint density at radius 1 is 1.15 bits per heavy atom. The van der Waals surface area contributed by atoms with Gasteiger partial charge in [-0.3, -0.25) is 9.79 Å². The Balaban J connectivity index is 2.11. The van der Waals surface area contributed by atoms with E-state index in [0.29, 0.717) is 17.2 Å². The first-order valence-electron chi connectivity index (χ1n) is 7.82. The first-order chi connectivity index (χ1) is 12.5. The molecule has 6 nitrogen and oxygen atoms in total. The Kier molecular flexibility index (Phi) is 7.17. The van der Waals surface area contributed by atoms with Gasteiger partial charge in [-0.2, -0.15) is 0 Å². The molecule has 0 aliphatic heterocycles. The molecule has 0 aliphatic carbocycles. The lowest BCUT2D eigenvalue weighted by Gasteiger charge is -2.13. The van der Waals surface area contributed by atoms with Crippen molar-refractivity contribution in [2.45, 2.75) is 6.10 Å².